The van der Waals surface area contributed by atoms with Gasteiger partial charge < -0.3 is 19.3 Å². The molecule has 96 valence electrons. The maximum Gasteiger partial charge on any atom is 0.168 e. The number of ether oxygens (including phenoxy) is 1. The van der Waals surface area contributed by atoms with E-state index in [1.54, 1.807) is 18.0 Å². The Morgan fingerprint density at radius 1 is 1.59 bits per heavy atom. The number of thioether (sulfide) groups is 1. The minimum Gasteiger partial charge on any atom is -0.390 e. The van der Waals surface area contributed by atoms with Crippen LogP contribution in [0.15, 0.2) is 11.4 Å². The number of aliphatic hydroxyl groups is 1. The normalized spacial score (nSPS) is 21.9. The molecular weight excluding hydrogens is 238 g/mol. The molecule has 0 aromatic carbocycles. The van der Waals surface area contributed by atoms with E-state index in [0.717, 1.165) is 36.3 Å². The van der Waals surface area contributed by atoms with Crippen molar-refractivity contribution in [3.63, 3.8) is 0 Å². The first-order valence-corrected chi connectivity index (χ1v) is 6.73. The van der Waals surface area contributed by atoms with Gasteiger partial charge >= 0.3 is 0 Å². The summed E-state index contributed by atoms with van der Waals surface area (Å²) >= 11 is 1.68. The van der Waals surface area contributed by atoms with Crippen LogP contribution in [0.25, 0.3) is 0 Å². The Morgan fingerprint density at radius 2 is 2.41 bits per heavy atom. The average molecular weight is 257 g/mol. The summed E-state index contributed by atoms with van der Waals surface area (Å²) in [4.78, 5) is 6.57. The van der Waals surface area contributed by atoms with Crippen molar-refractivity contribution in [3.8, 4) is 0 Å². The van der Waals surface area contributed by atoms with Gasteiger partial charge in [-0.1, -0.05) is 11.8 Å². The number of morpholine rings is 1. The van der Waals surface area contributed by atoms with Gasteiger partial charge in [-0.05, 0) is 7.05 Å². The van der Waals surface area contributed by atoms with E-state index in [2.05, 4.69) is 16.9 Å². The second-order valence-corrected chi connectivity index (χ2v) is 5.30. The van der Waals surface area contributed by atoms with Gasteiger partial charge in [0.15, 0.2) is 5.16 Å². The molecule has 0 radical (unpaired) electrons. The standard InChI is InChI=1S/C11H19N3O2S/c1-13-3-4-16-10(6-13)8-17-11-12-5-9(7-15)14(11)2/h5,10,15H,3-4,6-8H2,1-2H3. The number of hydrogen-bond donors (Lipinski definition) is 1. The van der Waals surface area contributed by atoms with Crippen LogP contribution in [-0.2, 0) is 18.4 Å². The van der Waals surface area contributed by atoms with E-state index in [9.17, 15) is 0 Å². The highest BCUT2D eigenvalue weighted by Crippen LogP contribution is 2.20. The van der Waals surface area contributed by atoms with Gasteiger partial charge in [0, 0.05) is 25.9 Å². The summed E-state index contributed by atoms with van der Waals surface area (Å²) in [6.45, 7) is 2.83. The second kappa shape index (κ2) is 5.86. The molecule has 1 saturated heterocycles. The molecule has 17 heavy (non-hydrogen) atoms. The Morgan fingerprint density at radius 3 is 3.06 bits per heavy atom. The van der Waals surface area contributed by atoms with Crippen LogP contribution < -0.4 is 0 Å². The van der Waals surface area contributed by atoms with Crippen LogP contribution in [0.1, 0.15) is 5.69 Å². The number of imidazole rings is 1. The van der Waals surface area contributed by atoms with Gasteiger partial charge in [0.1, 0.15) is 0 Å². The van der Waals surface area contributed by atoms with Gasteiger partial charge in [0.05, 0.1) is 31.2 Å². The zero-order chi connectivity index (χ0) is 12.3. The lowest BCUT2D eigenvalue weighted by Crippen LogP contribution is -2.41. The summed E-state index contributed by atoms with van der Waals surface area (Å²) in [6, 6.07) is 0. The fourth-order valence-electron chi connectivity index (χ4n) is 1.84. The Kier molecular flexibility index (Phi) is 4.44. The van der Waals surface area contributed by atoms with Crippen LogP contribution in [0.2, 0.25) is 0 Å². The van der Waals surface area contributed by atoms with Crippen molar-refractivity contribution in [2.75, 3.05) is 32.5 Å². The molecule has 2 heterocycles. The minimum absolute atomic E-state index is 0.0345. The third-order valence-corrected chi connectivity index (χ3v) is 4.12. The molecule has 0 spiro atoms. The van der Waals surface area contributed by atoms with Crippen LogP contribution >= 0.6 is 11.8 Å². The van der Waals surface area contributed by atoms with E-state index in [-0.39, 0.29) is 12.7 Å². The van der Waals surface area contributed by atoms with Crippen molar-refractivity contribution >= 4 is 11.8 Å². The summed E-state index contributed by atoms with van der Waals surface area (Å²) in [6.07, 6.45) is 1.99. The highest BCUT2D eigenvalue weighted by atomic mass is 32.2. The molecule has 5 nitrogen and oxygen atoms in total. The number of aliphatic hydroxyl groups excluding tert-OH is 1. The predicted molar refractivity (Wildman–Crippen MR) is 67.1 cm³/mol. The fraction of sp³-hybridized carbons (Fsp3) is 0.727. The number of likely N-dealkylation sites (N-methyl/N-ethyl adjacent to an activating group) is 1. The maximum atomic E-state index is 9.08. The van der Waals surface area contributed by atoms with Crippen molar-refractivity contribution in [2.24, 2.45) is 7.05 Å². The zero-order valence-corrected chi connectivity index (χ0v) is 11.1. The average Bonchev–Trinajstić information content (AvgIpc) is 2.67. The fourth-order valence-corrected chi connectivity index (χ4v) is 2.82. The number of rotatable bonds is 4. The molecule has 1 fully saturated rings. The number of aromatic nitrogens is 2. The topological polar surface area (TPSA) is 50.5 Å². The van der Waals surface area contributed by atoms with Crippen LogP contribution in [-0.4, -0.2) is 58.2 Å². The summed E-state index contributed by atoms with van der Waals surface area (Å²) in [7, 11) is 4.04. The van der Waals surface area contributed by atoms with Crippen LogP contribution in [0.3, 0.4) is 0 Å². The van der Waals surface area contributed by atoms with Crippen LogP contribution in [0.5, 0.6) is 0 Å². The van der Waals surface area contributed by atoms with E-state index in [1.807, 2.05) is 11.6 Å². The minimum atomic E-state index is 0.0345. The molecule has 2 rings (SSSR count). The molecular formula is C11H19N3O2S. The number of hydrogen-bond acceptors (Lipinski definition) is 5. The molecule has 0 saturated carbocycles. The van der Waals surface area contributed by atoms with Gasteiger partial charge in [-0.15, -0.1) is 0 Å². The van der Waals surface area contributed by atoms with Gasteiger partial charge in [0.2, 0.25) is 0 Å². The van der Waals surface area contributed by atoms with Crippen molar-refractivity contribution in [2.45, 2.75) is 17.9 Å². The first-order valence-electron chi connectivity index (χ1n) is 5.75. The molecule has 1 atom stereocenters. The SMILES string of the molecule is CN1CCOC(CSc2ncc(CO)n2C)C1. The largest absolute Gasteiger partial charge is 0.390 e. The van der Waals surface area contributed by atoms with Gasteiger partial charge in [-0.3, -0.25) is 0 Å². The monoisotopic (exact) mass is 257 g/mol. The van der Waals surface area contributed by atoms with Gasteiger partial charge in [-0.2, -0.15) is 0 Å². The lowest BCUT2D eigenvalue weighted by Gasteiger charge is -2.29. The highest BCUT2D eigenvalue weighted by molar-refractivity contribution is 7.99. The zero-order valence-electron chi connectivity index (χ0n) is 10.3. The molecule has 0 bridgehead atoms. The molecule has 0 aliphatic carbocycles. The molecule has 0 amide bonds. The molecule has 1 aliphatic heterocycles. The summed E-state index contributed by atoms with van der Waals surface area (Å²) < 4.78 is 7.62. The molecule has 6 heteroatoms. The molecule has 1 N–H and O–H groups in total. The van der Waals surface area contributed by atoms with E-state index < -0.39 is 0 Å². The van der Waals surface area contributed by atoms with E-state index in [4.69, 9.17) is 9.84 Å². The van der Waals surface area contributed by atoms with Crippen LogP contribution in [0.4, 0.5) is 0 Å². The Bertz CT molecular complexity index is 370. The van der Waals surface area contributed by atoms with Crippen molar-refractivity contribution in [1.82, 2.24) is 14.5 Å². The van der Waals surface area contributed by atoms with E-state index in [0.29, 0.717) is 0 Å². The van der Waals surface area contributed by atoms with Crippen LogP contribution in [0, 0.1) is 0 Å². The Balaban J connectivity index is 1.86. The Hall–Kier alpha value is -0.560. The Labute approximate surface area is 106 Å². The quantitative estimate of drug-likeness (QED) is 0.788. The highest BCUT2D eigenvalue weighted by Gasteiger charge is 2.18. The smallest absolute Gasteiger partial charge is 0.168 e. The molecule has 1 aliphatic rings. The van der Waals surface area contributed by atoms with Gasteiger partial charge in [0.25, 0.3) is 0 Å². The third kappa shape index (κ3) is 3.22. The second-order valence-electron chi connectivity index (χ2n) is 4.32. The lowest BCUT2D eigenvalue weighted by atomic mass is 10.3. The van der Waals surface area contributed by atoms with Gasteiger partial charge in [-0.25, -0.2) is 4.98 Å². The van der Waals surface area contributed by atoms with Crippen molar-refractivity contribution < 1.29 is 9.84 Å². The molecule has 1 aromatic rings. The third-order valence-electron chi connectivity index (χ3n) is 2.94. The number of nitrogens with zero attached hydrogens (tertiary/aromatic N) is 3. The molecule has 1 unspecified atom stereocenters. The maximum absolute atomic E-state index is 9.08. The van der Waals surface area contributed by atoms with Crippen molar-refractivity contribution in [3.05, 3.63) is 11.9 Å². The van der Waals surface area contributed by atoms with E-state index in [1.165, 1.54) is 0 Å². The lowest BCUT2D eigenvalue weighted by molar-refractivity contribution is -0.00601. The first-order chi connectivity index (χ1) is 8.20. The van der Waals surface area contributed by atoms with E-state index >= 15 is 0 Å². The molecule has 1 aromatic heterocycles. The summed E-state index contributed by atoms with van der Waals surface area (Å²) in [5.74, 6) is 0.903. The summed E-state index contributed by atoms with van der Waals surface area (Å²) in [5.41, 5.74) is 0.842. The van der Waals surface area contributed by atoms with Crippen molar-refractivity contribution in [1.29, 1.82) is 0 Å². The summed E-state index contributed by atoms with van der Waals surface area (Å²) in [5, 5.41) is 10.0. The predicted octanol–water partition coefficient (Wildman–Crippen LogP) is 0.335. The first kappa shape index (κ1) is 12.9.